The zero-order valence-electron chi connectivity index (χ0n) is 11.7. The van der Waals surface area contributed by atoms with Crippen LogP contribution in [0.15, 0.2) is 6.20 Å². The zero-order valence-corrected chi connectivity index (χ0v) is 12.5. The van der Waals surface area contributed by atoms with Gasteiger partial charge in [0, 0.05) is 29.6 Å². The van der Waals surface area contributed by atoms with Crippen LogP contribution in [0.1, 0.15) is 48.4 Å². The second-order valence-corrected chi connectivity index (χ2v) is 7.36. The summed E-state index contributed by atoms with van der Waals surface area (Å²) in [5.41, 5.74) is 0. The van der Waals surface area contributed by atoms with Crippen molar-refractivity contribution in [3.8, 4) is 0 Å². The van der Waals surface area contributed by atoms with Crippen molar-refractivity contribution in [2.45, 2.75) is 64.1 Å². The molecule has 106 valence electrons. The van der Waals surface area contributed by atoms with E-state index in [1.807, 2.05) is 17.5 Å². The molecule has 0 radical (unpaired) electrons. The van der Waals surface area contributed by atoms with E-state index in [1.165, 1.54) is 43.5 Å². The van der Waals surface area contributed by atoms with Gasteiger partial charge in [-0.15, -0.1) is 11.3 Å². The van der Waals surface area contributed by atoms with E-state index in [4.69, 9.17) is 0 Å². The summed E-state index contributed by atoms with van der Waals surface area (Å²) < 4.78 is 0. The van der Waals surface area contributed by atoms with Gasteiger partial charge in [0.05, 0.1) is 11.1 Å². The minimum atomic E-state index is -0.0613. The van der Waals surface area contributed by atoms with Crippen LogP contribution in [0.2, 0.25) is 0 Å². The molecule has 3 nitrogen and oxygen atoms in total. The van der Waals surface area contributed by atoms with Gasteiger partial charge in [-0.2, -0.15) is 0 Å². The molecule has 2 fully saturated rings. The summed E-state index contributed by atoms with van der Waals surface area (Å²) in [6, 6.07) is 0.591. The molecule has 0 aromatic carbocycles. The summed E-state index contributed by atoms with van der Waals surface area (Å²) >= 11 is 1.81. The lowest BCUT2D eigenvalue weighted by molar-refractivity contribution is 0.0318. The zero-order chi connectivity index (χ0) is 13.2. The first-order valence-corrected chi connectivity index (χ1v) is 8.39. The first kappa shape index (κ1) is 13.5. The molecule has 2 heterocycles. The number of hydrogen-bond acceptors (Lipinski definition) is 4. The van der Waals surface area contributed by atoms with Crippen molar-refractivity contribution in [1.29, 1.82) is 0 Å². The molecule has 4 heteroatoms. The average molecular weight is 280 g/mol. The third-order valence-corrected chi connectivity index (χ3v) is 5.62. The Bertz CT molecular complexity index is 420. The van der Waals surface area contributed by atoms with Gasteiger partial charge < -0.3 is 5.11 Å². The largest absolute Gasteiger partial charge is 0.393 e. The van der Waals surface area contributed by atoms with E-state index in [2.05, 4.69) is 16.8 Å². The number of aliphatic hydroxyl groups is 1. The Hall–Kier alpha value is -0.450. The standard InChI is InChI=1S/C15H24N2OS/c1-11-16-9-12(19-11)10-17-8-3-2-6-14(17)13-5-4-7-15(13)18/h9,13-15,18H,2-8,10H2,1H3. The Balaban J connectivity index is 1.70. The van der Waals surface area contributed by atoms with E-state index in [-0.39, 0.29) is 6.10 Å². The Kier molecular flexibility index (Phi) is 4.20. The van der Waals surface area contributed by atoms with Gasteiger partial charge in [0.2, 0.25) is 0 Å². The van der Waals surface area contributed by atoms with E-state index in [0.717, 1.165) is 18.0 Å². The van der Waals surface area contributed by atoms with Crippen LogP contribution in [0, 0.1) is 12.8 Å². The van der Waals surface area contributed by atoms with E-state index in [1.54, 1.807) is 0 Å². The van der Waals surface area contributed by atoms with Gasteiger partial charge in [-0.1, -0.05) is 12.8 Å². The van der Waals surface area contributed by atoms with Gasteiger partial charge in [-0.3, -0.25) is 4.90 Å². The van der Waals surface area contributed by atoms with Crippen LogP contribution < -0.4 is 0 Å². The van der Waals surface area contributed by atoms with E-state index < -0.39 is 0 Å². The molecule has 2 aliphatic rings. The molecule has 1 saturated heterocycles. The van der Waals surface area contributed by atoms with Crippen LogP contribution >= 0.6 is 11.3 Å². The maximum Gasteiger partial charge on any atom is 0.0897 e. The fourth-order valence-electron chi connectivity index (χ4n) is 3.79. The molecular weight excluding hydrogens is 256 g/mol. The van der Waals surface area contributed by atoms with Crippen LogP contribution in [0.5, 0.6) is 0 Å². The smallest absolute Gasteiger partial charge is 0.0897 e. The van der Waals surface area contributed by atoms with Crippen molar-refractivity contribution in [1.82, 2.24) is 9.88 Å². The van der Waals surface area contributed by atoms with Gasteiger partial charge in [-0.05, 0) is 39.2 Å². The molecular formula is C15H24N2OS. The van der Waals surface area contributed by atoms with E-state index >= 15 is 0 Å². The highest BCUT2D eigenvalue weighted by Crippen LogP contribution is 2.36. The van der Waals surface area contributed by atoms with Crippen LogP contribution in [0.25, 0.3) is 0 Å². The van der Waals surface area contributed by atoms with Crippen molar-refractivity contribution >= 4 is 11.3 Å². The van der Waals surface area contributed by atoms with Crippen molar-refractivity contribution in [3.63, 3.8) is 0 Å². The molecule has 19 heavy (non-hydrogen) atoms. The highest BCUT2D eigenvalue weighted by atomic mass is 32.1. The Labute approximate surface area is 119 Å². The quantitative estimate of drug-likeness (QED) is 0.925. The molecule has 3 unspecified atom stereocenters. The van der Waals surface area contributed by atoms with Gasteiger partial charge in [-0.25, -0.2) is 4.98 Å². The third kappa shape index (κ3) is 3.01. The maximum absolute atomic E-state index is 10.2. The molecule has 0 bridgehead atoms. The summed E-state index contributed by atoms with van der Waals surface area (Å²) in [5.74, 6) is 0.509. The lowest BCUT2D eigenvalue weighted by Gasteiger charge is -2.40. The molecule has 1 N–H and O–H groups in total. The summed E-state index contributed by atoms with van der Waals surface area (Å²) in [6.07, 6.45) is 9.28. The fourth-order valence-corrected chi connectivity index (χ4v) is 4.62. The van der Waals surface area contributed by atoms with Crippen molar-refractivity contribution < 1.29 is 5.11 Å². The number of hydrogen-bond donors (Lipinski definition) is 1. The van der Waals surface area contributed by atoms with Gasteiger partial charge in [0.25, 0.3) is 0 Å². The van der Waals surface area contributed by atoms with Crippen LogP contribution in [0.4, 0.5) is 0 Å². The highest BCUT2D eigenvalue weighted by Gasteiger charge is 2.36. The van der Waals surface area contributed by atoms with Crippen LogP contribution in [-0.2, 0) is 6.54 Å². The predicted octanol–water partition coefficient (Wildman–Crippen LogP) is 2.97. The first-order chi connectivity index (χ1) is 9.24. The van der Waals surface area contributed by atoms with Gasteiger partial charge in [0.15, 0.2) is 0 Å². The summed E-state index contributed by atoms with van der Waals surface area (Å²) in [4.78, 5) is 8.34. The molecule has 1 aromatic heterocycles. The number of piperidine rings is 1. The lowest BCUT2D eigenvalue weighted by Crippen LogP contribution is -2.45. The molecule has 1 saturated carbocycles. The topological polar surface area (TPSA) is 36.4 Å². The fraction of sp³-hybridized carbons (Fsp3) is 0.800. The Morgan fingerprint density at radius 2 is 2.21 bits per heavy atom. The first-order valence-electron chi connectivity index (χ1n) is 7.57. The second-order valence-electron chi connectivity index (χ2n) is 6.04. The Morgan fingerprint density at radius 3 is 2.89 bits per heavy atom. The van der Waals surface area contributed by atoms with Gasteiger partial charge >= 0.3 is 0 Å². The number of rotatable bonds is 3. The molecule has 0 amide bonds. The van der Waals surface area contributed by atoms with Crippen LogP contribution in [0.3, 0.4) is 0 Å². The molecule has 1 aliphatic heterocycles. The van der Waals surface area contributed by atoms with E-state index in [9.17, 15) is 5.11 Å². The van der Waals surface area contributed by atoms with Crippen LogP contribution in [-0.4, -0.2) is 33.7 Å². The summed E-state index contributed by atoms with van der Waals surface area (Å²) in [5, 5.41) is 11.3. The number of likely N-dealkylation sites (tertiary alicyclic amines) is 1. The number of aromatic nitrogens is 1. The molecule has 3 rings (SSSR count). The number of aryl methyl sites for hydroxylation is 1. The number of thiazole rings is 1. The molecule has 1 aromatic rings. The lowest BCUT2D eigenvalue weighted by atomic mass is 9.88. The third-order valence-electron chi connectivity index (χ3n) is 4.72. The van der Waals surface area contributed by atoms with Crippen molar-refractivity contribution in [2.75, 3.05) is 6.54 Å². The minimum Gasteiger partial charge on any atom is -0.393 e. The monoisotopic (exact) mass is 280 g/mol. The highest BCUT2D eigenvalue weighted by molar-refractivity contribution is 7.11. The molecule has 1 aliphatic carbocycles. The minimum absolute atomic E-state index is 0.0613. The predicted molar refractivity (Wildman–Crippen MR) is 78.2 cm³/mol. The molecule has 0 spiro atoms. The maximum atomic E-state index is 10.2. The second kappa shape index (κ2) is 5.90. The summed E-state index contributed by atoms with van der Waals surface area (Å²) in [6.45, 7) is 4.28. The summed E-state index contributed by atoms with van der Waals surface area (Å²) in [7, 11) is 0. The number of aliphatic hydroxyl groups excluding tert-OH is 1. The van der Waals surface area contributed by atoms with Crippen molar-refractivity contribution in [2.24, 2.45) is 5.92 Å². The average Bonchev–Trinajstić information content (AvgIpc) is 2.99. The van der Waals surface area contributed by atoms with E-state index in [0.29, 0.717) is 12.0 Å². The van der Waals surface area contributed by atoms with Gasteiger partial charge in [0.1, 0.15) is 0 Å². The normalized spacial score (nSPS) is 32.8. The Morgan fingerprint density at radius 1 is 1.32 bits per heavy atom. The molecule has 3 atom stereocenters. The van der Waals surface area contributed by atoms with Crippen molar-refractivity contribution in [3.05, 3.63) is 16.1 Å². The number of nitrogens with zero attached hydrogens (tertiary/aromatic N) is 2. The SMILES string of the molecule is Cc1ncc(CN2CCCCC2C2CCCC2O)s1.